The Morgan fingerprint density at radius 3 is 2.69 bits per heavy atom. The molecule has 0 unspecified atom stereocenters. The van der Waals surface area contributed by atoms with E-state index < -0.39 is 0 Å². The van der Waals surface area contributed by atoms with Crippen LogP contribution in [-0.4, -0.2) is 6.61 Å². The summed E-state index contributed by atoms with van der Waals surface area (Å²) in [6, 6.07) is 4.04. The quantitative estimate of drug-likeness (QED) is 0.497. The number of hydrogen-bond acceptors (Lipinski definition) is 3. The molecular weight excluding hydrogens is 324 g/mol. The predicted molar refractivity (Wildman–Crippen MR) is 107 cm³/mol. The van der Waals surface area contributed by atoms with Crippen molar-refractivity contribution in [3.8, 4) is 5.75 Å². The molecule has 1 aliphatic carbocycles. The fraction of sp³-hybridized carbons (Fsp3) is 0.435. The topological polar surface area (TPSA) is 39.4 Å². The lowest BCUT2D eigenvalue weighted by Crippen LogP contribution is -2.08. The van der Waals surface area contributed by atoms with Gasteiger partial charge in [-0.2, -0.15) is 0 Å². The number of allylic oxidation sites excluding steroid dienone is 3. The Kier molecular flexibility index (Phi) is 5.65. The molecule has 26 heavy (non-hydrogen) atoms. The first-order valence-corrected chi connectivity index (χ1v) is 9.47. The molecule has 1 aromatic carbocycles. The van der Waals surface area contributed by atoms with Crippen LogP contribution in [0.15, 0.2) is 44.6 Å². The maximum Gasteiger partial charge on any atom is 0.339 e. The zero-order chi connectivity index (χ0) is 18.7. The molecule has 0 aliphatic heterocycles. The highest BCUT2D eigenvalue weighted by molar-refractivity contribution is 5.86. The van der Waals surface area contributed by atoms with Crippen LogP contribution in [0.5, 0.6) is 5.75 Å². The molecule has 0 N–H and O–H groups in total. The van der Waals surface area contributed by atoms with Crippen molar-refractivity contribution < 1.29 is 9.15 Å². The molecule has 1 aliphatic rings. The van der Waals surface area contributed by atoms with Crippen molar-refractivity contribution in [2.45, 2.75) is 59.8 Å². The minimum Gasteiger partial charge on any atom is -0.489 e. The first kappa shape index (κ1) is 18.5. The van der Waals surface area contributed by atoms with E-state index in [0.29, 0.717) is 12.2 Å². The third-order valence-corrected chi connectivity index (χ3v) is 5.10. The highest BCUT2D eigenvalue weighted by Gasteiger charge is 2.21. The molecule has 3 nitrogen and oxygen atoms in total. The van der Waals surface area contributed by atoms with Crippen LogP contribution in [0.2, 0.25) is 0 Å². The van der Waals surface area contributed by atoms with E-state index >= 15 is 0 Å². The summed E-state index contributed by atoms with van der Waals surface area (Å²) in [5.41, 5.74) is 6.11. The van der Waals surface area contributed by atoms with Crippen molar-refractivity contribution in [1.29, 1.82) is 0 Å². The zero-order valence-electron chi connectivity index (χ0n) is 16.3. The lowest BCUT2D eigenvalue weighted by molar-refractivity contribution is 0.358. The molecule has 0 spiro atoms. The van der Waals surface area contributed by atoms with Gasteiger partial charge in [-0.25, -0.2) is 4.79 Å². The van der Waals surface area contributed by atoms with Gasteiger partial charge < -0.3 is 9.15 Å². The summed E-state index contributed by atoms with van der Waals surface area (Å²) >= 11 is 0. The Morgan fingerprint density at radius 1 is 1.15 bits per heavy atom. The summed E-state index contributed by atoms with van der Waals surface area (Å²) < 4.78 is 11.6. The van der Waals surface area contributed by atoms with E-state index in [0.717, 1.165) is 54.4 Å². The summed E-state index contributed by atoms with van der Waals surface area (Å²) in [6.07, 6.45) is 9.33. The number of benzene rings is 1. The van der Waals surface area contributed by atoms with Gasteiger partial charge in [-0.3, -0.25) is 0 Å². The van der Waals surface area contributed by atoms with Gasteiger partial charge in [-0.15, -0.1) is 0 Å². The van der Waals surface area contributed by atoms with Crippen LogP contribution in [0.4, 0.5) is 0 Å². The maximum atomic E-state index is 12.2. The van der Waals surface area contributed by atoms with Crippen LogP contribution < -0.4 is 10.4 Å². The van der Waals surface area contributed by atoms with Gasteiger partial charge in [0.1, 0.15) is 17.9 Å². The molecule has 0 bridgehead atoms. The molecule has 0 amide bonds. The SMILES string of the molecule is CC(C)=CCC/C(C)=C\COc1ccc2c3c(c(=O)oc2c1C)CCC3. The summed E-state index contributed by atoms with van der Waals surface area (Å²) in [6.45, 7) is 8.88. The molecule has 0 fully saturated rings. The van der Waals surface area contributed by atoms with Crippen LogP contribution in [0.25, 0.3) is 11.0 Å². The van der Waals surface area contributed by atoms with Crippen LogP contribution >= 0.6 is 0 Å². The van der Waals surface area contributed by atoms with E-state index in [-0.39, 0.29) is 5.63 Å². The Hall–Kier alpha value is -2.29. The third-order valence-electron chi connectivity index (χ3n) is 5.10. The van der Waals surface area contributed by atoms with Crippen molar-refractivity contribution in [1.82, 2.24) is 0 Å². The van der Waals surface area contributed by atoms with Crippen molar-refractivity contribution >= 4 is 11.0 Å². The lowest BCUT2D eigenvalue weighted by atomic mass is 10.0. The second-order valence-electron chi connectivity index (χ2n) is 7.45. The average Bonchev–Trinajstić information content (AvgIpc) is 3.08. The molecule has 138 valence electrons. The molecule has 0 radical (unpaired) electrons. The second kappa shape index (κ2) is 7.94. The molecule has 1 heterocycles. The molecule has 3 heteroatoms. The monoisotopic (exact) mass is 352 g/mol. The van der Waals surface area contributed by atoms with Gasteiger partial charge >= 0.3 is 5.63 Å². The Bertz CT molecular complexity index is 925. The molecule has 2 aromatic rings. The molecule has 3 rings (SSSR count). The Morgan fingerprint density at radius 2 is 1.92 bits per heavy atom. The largest absolute Gasteiger partial charge is 0.489 e. The van der Waals surface area contributed by atoms with Crippen LogP contribution in [-0.2, 0) is 12.8 Å². The van der Waals surface area contributed by atoms with E-state index in [9.17, 15) is 4.79 Å². The molecular formula is C23H28O3. The number of fused-ring (bicyclic) bond motifs is 3. The normalized spacial score (nSPS) is 13.8. The minimum absolute atomic E-state index is 0.180. The van der Waals surface area contributed by atoms with Gasteiger partial charge in [0.2, 0.25) is 0 Å². The maximum absolute atomic E-state index is 12.2. The lowest BCUT2D eigenvalue weighted by Gasteiger charge is -2.11. The van der Waals surface area contributed by atoms with Gasteiger partial charge in [0.15, 0.2) is 0 Å². The summed E-state index contributed by atoms with van der Waals surface area (Å²) in [5.74, 6) is 0.784. The van der Waals surface area contributed by atoms with E-state index in [2.05, 4.69) is 32.9 Å². The van der Waals surface area contributed by atoms with Gasteiger partial charge in [0.05, 0.1) is 0 Å². The highest BCUT2D eigenvalue weighted by Crippen LogP contribution is 2.33. The molecule has 0 atom stereocenters. The number of aryl methyl sites for hydroxylation is 2. The van der Waals surface area contributed by atoms with E-state index in [1.54, 1.807) is 0 Å². The van der Waals surface area contributed by atoms with Gasteiger partial charge in [-0.05, 0) is 83.6 Å². The second-order valence-corrected chi connectivity index (χ2v) is 7.45. The Balaban J connectivity index is 1.75. The zero-order valence-corrected chi connectivity index (χ0v) is 16.3. The number of ether oxygens (including phenoxy) is 1. The van der Waals surface area contributed by atoms with Gasteiger partial charge in [-0.1, -0.05) is 17.2 Å². The fourth-order valence-electron chi connectivity index (χ4n) is 3.58. The van der Waals surface area contributed by atoms with Gasteiger partial charge in [0, 0.05) is 16.5 Å². The molecule has 0 saturated heterocycles. The van der Waals surface area contributed by atoms with Crippen molar-refractivity contribution in [2.75, 3.05) is 6.61 Å². The fourth-order valence-corrected chi connectivity index (χ4v) is 3.58. The van der Waals surface area contributed by atoms with Crippen molar-refractivity contribution in [2.24, 2.45) is 0 Å². The Labute approximate surface area is 155 Å². The van der Waals surface area contributed by atoms with Crippen LogP contribution in [0, 0.1) is 6.92 Å². The summed E-state index contributed by atoms with van der Waals surface area (Å²) in [7, 11) is 0. The summed E-state index contributed by atoms with van der Waals surface area (Å²) in [4.78, 5) is 12.2. The molecule has 1 aromatic heterocycles. The average molecular weight is 352 g/mol. The van der Waals surface area contributed by atoms with Crippen molar-refractivity contribution in [3.05, 3.63) is 62.5 Å². The number of rotatable bonds is 6. The van der Waals surface area contributed by atoms with E-state index in [1.165, 1.54) is 16.7 Å². The number of hydrogen-bond donors (Lipinski definition) is 0. The minimum atomic E-state index is -0.180. The predicted octanol–water partition coefficient (Wildman–Crippen LogP) is 5.66. The third kappa shape index (κ3) is 3.92. The van der Waals surface area contributed by atoms with E-state index in [4.69, 9.17) is 9.15 Å². The van der Waals surface area contributed by atoms with Crippen molar-refractivity contribution in [3.63, 3.8) is 0 Å². The first-order valence-electron chi connectivity index (χ1n) is 9.47. The van der Waals surface area contributed by atoms with E-state index in [1.807, 2.05) is 19.1 Å². The standard InChI is InChI=1S/C23H28O3/c1-15(2)7-5-8-16(3)13-14-25-21-12-11-19-18-9-6-10-20(18)23(24)26-22(19)17(21)4/h7,11-13H,5-6,8-10,14H2,1-4H3/b16-13-. The van der Waals surface area contributed by atoms with Crippen LogP contribution in [0.1, 0.15) is 56.7 Å². The van der Waals surface area contributed by atoms with Gasteiger partial charge in [0.25, 0.3) is 0 Å². The smallest absolute Gasteiger partial charge is 0.339 e. The highest BCUT2D eigenvalue weighted by atomic mass is 16.5. The van der Waals surface area contributed by atoms with Crippen LogP contribution in [0.3, 0.4) is 0 Å². The summed E-state index contributed by atoms with van der Waals surface area (Å²) in [5, 5.41) is 1.07. The molecule has 0 saturated carbocycles. The first-order chi connectivity index (χ1) is 12.5.